The molecule has 0 aromatic rings. The van der Waals surface area contributed by atoms with E-state index >= 15 is 0 Å². The predicted molar refractivity (Wildman–Crippen MR) is 42.3 cm³/mol. The molecule has 12 heavy (non-hydrogen) atoms. The molecule has 1 fully saturated rings. The van der Waals surface area contributed by atoms with Gasteiger partial charge in [0.2, 0.25) is 5.91 Å². The Bertz CT molecular complexity index is 182. The fourth-order valence-electron chi connectivity index (χ4n) is 1.67. The van der Waals surface area contributed by atoms with Gasteiger partial charge in [-0.25, -0.2) is 0 Å². The number of hydrogen-bond donors (Lipinski definition) is 2. The molecule has 0 saturated heterocycles. The largest absolute Gasteiger partial charge is 0.481 e. The number of hydrogen-bond acceptors (Lipinski definition) is 2. The van der Waals surface area contributed by atoms with E-state index in [9.17, 15) is 9.59 Å². The summed E-state index contributed by atoms with van der Waals surface area (Å²) in [5, 5.41) is 8.69. The van der Waals surface area contributed by atoms with Gasteiger partial charge in [-0.3, -0.25) is 9.59 Å². The highest BCUT2D eigenvalue weighted by Crippen LogP contribution is 2.28. The molecule has 68 valence electrons. The Morgan fingerprint density at radius 1 is 1.25 bits per heavy atom. The van der Waals surface area contributed by atoms with E-state index in [4.69, 9.17) is 10.8 Å². The second-order valence-corrected chi connectivity index (χ2v) is 3.30. The number of carbonyl (C=O) groups excluding carboxylic acids is 1. The average molecular weight is 171 g/mol. The predicted octanol–water partition coefficient (Wildman–Crippen LogP) is 0.363. The number of carboxylic acids is 1. The number of aliphatic carboxylic acids is 1. The first-order valence-corrected chi connectivity index (χ1v) is 4.13. The molecule has 0 aliphatic heterocycles. The van der Waals surface area contributed by atoms with Crippen molar-refractivity contribution in [2.45, 2.75) is 25.7 Å². The third-order valence-corrected chi connectivity index (χ3v) is 2.43. The van der Waals surface area contributed by atoms with Gasteiger partial charge in [-0.2, -0.15) is 0 Å². The molecule has 0 bridgehead atoms. The van der Waals surface area contributed by atoms with Crippen LogP contribution in [-0.4, -0.2) is 17.0 Å². The number of carbonyl (C=O) groups is 2. The Hall–Kier alpha value is -1.06. The van der Waals surface area contributed by atoms with Crippen LogP contribution in [0.5, 0.6) is 0 Å². The molecule has 1 saturated carbocycles. The fraction of sp³-hybridized carbons (Fsp3) is 0.750. The highest BCUT2D eigenvalue weighted by Gasteiger charge is 2.29. The molecule has 1 amide bonds. The molecule has 2 atom stereocenters. The number of nitrogens with two attached hydrogens (primary N) is 1. The second kappa shape index (κ2) is 3.56. The van der Waals surface area contributed by atoms with Crippen molar-refractivity contribution < 1.29 is 14.7 Å². The monoisotopic (exact) mass is 171 g/mol. The van der Waals surface area contributed by atoms with Crippen LogP contribution in [0.1, 0.15) is 25.7 Å². The van der Waals surface area contributed by atoms with Gasteiger partial charge in [0.1, 0.15) is 0 Å². The van der Waals surface area contributed by atoms with Crippen molar-refractivity contribution >= 4 is 11.9 Å². The van der Waals surface area contributed by atoms with Crippen molar-refractivity contribution in [3.8, 4) is 0 Å². The van der Waals surface area contributed by atoms with Crippen LogP contribution in [0.25, 0.3) is 0 Å². The zero-order chi connectivity index (χ0) is 9.14. The summed E-state index contributed by atoms with van der Waals surface area (Å²) in [6.07, 6.45) is 2.65. The highest BCUT2D eigenvalue weighted by molar-refractivity contribution is 5.78. The quantitative estimate of drug-likeness (QED) is 0.629. The molecule has 0 aromatic carbocycles. The summed E-state index contributed by atoms with van der Waals surface area (Å²) < 4.78 is 0. The second-order valence-electron chi connectivity index (χ2n) is 3.30. The topological polar surface area (TPSA) is 80.4 Å². The number of amides is 1. The molecule has 0 heterocycles. The van der Waals surface area contributed by atoms with Crippen molar-refractivity contribution in [1.29, 1.82) is 0 Å². The Morgan fingerprint density at radius 2 is 1.83 bits per heavy atom. The highest BCUT2D eigenvalue weighted by atomic mass is 16.4. The van der Waals surface area contributed by atoms with E-state index in [0.29, 0.717) is 12.8 Å². The van der Waals surface area contributed by atoms with E-state index in [1.54, 1.807) is 0 Å². The third kappa shape index (κ3) is 1.96. The summed E-state index contributed by atoms with van der Waals surface area (Å²) in [7, 11) is 0. The van der Waals surface area contributed by atoms with Crippen molar-refractivity contribution in [1.82, 2.24) is 0 Å². The van der Waals surface area contributed by atoms with Gasteiger partial charge in [0.15, 0.2) is 0 Å². The molecule has 0 unspecified atom stereocenters. The summed E-state index contributed by atoms with van der Waals surface area (Å²) in [5.41, 5.74) is 5.10. The van der Waals surface area contributed by atoms with E-state index in [2.05, 4.69) is 0 Å². The van der Waals surface area contributed by atoms with Crippen LogP contribution in [0, 0.1) is 11.8 Å². The van der Waals surface area contributed by atoms with E-state index in [1.807, 2.05) is 0 Å². The molecule has 4 heteroatoms. The van der Waals surface area contributed by atoms with Crippen molar-refractivity contribution in [3.63, 3.8) is 0 Å². The molecule has 1 aliphatic carbocycles. The lowest BCUT2D eigenvalue weighted by atomic mass is 9.81. The molecule has 1 rings (SSSR count). The minimum atomic E-state index is -0.805. The van der Waals surface area contributed by atoms with Crippen LogP contribution < -0.4 is 5.73 Å². The van der Waals surface area contributed by atoms with Gasteiger partial charge in [-0.05, 0) is 19.3 Å². The van der Waals surface area contributed by atoms with Crippen molar-refractivity contribution in [2.75, 3.05) is 0 Å². The Kier molecular flexibility index (Phi) is 2.68. The van der Waals surface area contributed by atoms with Gasteiger partial charge in [0.05, 0.1) is 5.92 Å². The number of primary amides is 1. The minimum absolute atomic E-state index is 0.222. The maximum Gasteiger partial charge on any atom is 0.306 e. The van der Waals surface area contributed by atoms with E-state index < -0.39 is 5.97 Å². The standard InChI is InChI=1S/C8H13NO3/c9-7(10)5-2-1-3-6(4-5)8(11)12/h5-6H,1-4H2,(H2,9,10)(H,11,12)/t5-,6-/m0/s1. The zero-order valence-corrected chi connectivity index (χ0v) is 6.82. The minimum Gasteiger partial charge on any atom is -0.481 e. The lowest BCUT2D eigenvalue weighted by Crippen LogP contribution is -2.31. The molecular weight excluding hydrogens is 158 g/mol. The lowest BCUT2D eigenvalue weighted by molar-refractivity contribution is -0.143. The molecule has 0 aromatic heterocycles. The van der Waals surface area contributed by atoms with Gasteiger partial charge < -0.3 is 10.8 Å². The van der Waals surface area contributed by atoms with E-state index in [0.717, 1.165) is 12.8 Å². The van der Waals surface area contributed by atoms with Gasteiger partial charge in [0.25, 0.3) is 0 Å². The van der Waals surface area contributed by atoms with Gasteiger partial charge in [-0.15, -0.1) is 0 Å². The molecule has 0 radical (unpaired) electrons. The molecule has 3 N–H and O–H groups in total. The van der Waals surface area contributed by atoms with Crippen molar-refractivity contribution in [3.05, 3.63) is 0 Å². The van der Waals surface area contributed by atoms with Crippen LogP contribution in [0.4, 0.5) is 0 Å². The summed E-state index contributed by atoms with van der Waals surface area (Å²) in [5.74, 6) is -1.75. The first kappa shape index (κ1) is 9.03. The van der Waals surface area contributed by atoms with Gasteiger partial charge in [-0.1, -0.05) is 6.42 Å². The fourth-order valence-corrected chi connectivity index (χ4v) is 1.67. The Labute approximate surface area is 70.7 Å². The van der Waals surface area contributed by atoms with Gasteiger partial charge >= 0.3 is 5.97 Å². The molecule has 1 aliphatic rings. The maximum absolute atomic E-state index is 10.8. The number of rotatable bonds is 2. The molecular formula is C8H13NO3. The smallest absolute Gasteiger partial charge is 0.306 e. The average Bonchev–Trinajstić information content (AvgIpc) is 2.04. The van der Waals surface area contributed by atoms with Crippen molar-refractivity contribution in [2.24, 2.45) is 17.6 Å². The van der Waals surface area contributed by atoms with E-state index in [-0.39, 0.29) is 17.7 Å². The van der Waals surface area contributed by atoms with Crippen LogP contribution in [0.2, 0.25) is 0 Å². The number of carboxylic acid groups (broad SMARTS) is 1. The first-order chi connectivity index (χ1) is 5.61. The SMILES string of the molecule is NC(=O)[C@H]1CCC[C@H](C(=O)O)C1. The summed E-state index contributed by atoms with van der Waals surface area (Å²) in [6, 6.07) is 0. The summed E-state index contributed by atoms with van der Waals surface area (Å²) >= 11 is 0. The first-order valence-electron chi connectivity index (χ1n) is 4.13. The van der Waals surface area contributed by atoms with Crippen LogP contribution in [0.3, 0.4) is 0 Å². The maximum atomic E-state index is 10.8. The summed E-state index contributed by atoms with van der Waals surface area (Å²) in [6.45, 7) is 0. The van der Waals surface area contributed by atoms with Crippen LogP contribution in [-0.2, 0) is 9.59 Å². The van der Waals surface area contributed by atoms with Gasteiger partial charge in [0, 0.05) is 5.92 Å². The van der Waals surface area contributed by atoms with Crippen LogP contribution in [0.15, 0.2) is 0 Å². The Balaban J connectivity index is 2.51. The zero-order valence-electron chi connectivity index (χ0n) is 6.82. The summed E-state index contributed by atoms with van der Waals surface area (Å²) in [4.78, 5) is 21.3. The third-order valence-electron chi connectivity index (χ3n) is 2.43. The molecule has 4 nitrogen and oxygen atoms in total. The Morgan fingerprint density at radius 3 is 2.33 bits per heavy atom. The molecule has 0 spiro atoms. The van der Waals surface area contributed by atoms with E-state index in [1.165, 1.54) is 0 Å². The van der Waals surface area contributed by atoms with Crippen LogP contribution >= 0.6 is 0 Å². The normalized spacial score (nSPS) is 29.7. The lowest BCUT2D eigenvalue weighted by Gasteiger charge is -2.23.